The zero-order chi connectivity index (χ0) is 17.1. The highest BCUT2D eigenvalue weighted by molar-refractivity contribution is 7.89. The maximum Gasteiger partial charge on any atom is 0.240 e. The second-order valence-electron chi connectivity index (χ2n) is 6.69. The van der Waals surface area contributed by atoms with Gasteiger partial charge in [-0.05, 0) is 41.5 Å². The highest BCUT2D eigenvalue weighted by Gasteiger charge is 2.25. The first-order chi connectivity index (χ1) is 10.1. The first-order valence-corrected chi connectivity index (χ1v) is 9.28. The number of hydrogen-bond acceptors (Lipinski definition) is 3. The summed E-state index contributed by atoms with van der Waals surface area (Å²) in [5.74, 6) is 1.38. The van der Waals surface area contributed by atoms with E-state index in [1.165, 1.54) is 0 Å². The van der Waals surface area contributed by atoms with Crippen molar-refractivity contribution >= 4 is 10.0 Å². The van der Waals surface area contributed by atoms with Gasteiger partial charge in [0.2, 0.25) is 10.0 Å². The third-order valence-corrected chi connectivity index (χ3v) is 5.32. The van der Waals surface area contributed by atoms with Crippen molar-refractivity contribution < 1.29 is 13.2 Å². The Morgan fingerprint density at radius 3 is 1.95 bits per heavy atom. The van der Waals surface area contributed by atoms with Crippen molar-refractivity contribution in [3.63, 3.8) is 0 Å². The predicted molar refractivity (Wildman–Crippen MR) is 90.9 cm³/mol. The largest absolute Gasteiger partial charge is 0.496 e. The van der Waals surface area contributed by atoms with Gasteiger partial charge in [-0.3, -0.25) is 0 Å². The summed E-state index contributed by atoms with van der Waals surface area (Å²) < 4.78 is 33.5. The number of benzene rings is 1. The lowest BCUT2D eigenvalue weighted by molar-refractivity contribution is 0.355. The van der Waals surface area contributed by atoms with Crippen molar-refractivity contribution in [1.29, 1.82) is 0 Å². The molecule has 5 heteroatoms. The Morgan fingerprint density at radius 1 is 1.00 bits per heavy atom. The van der Waals surface area contributed by atoms with Crippen molar-refractivity contribution in [2.24, 2.45) is 11.8 Å². The fourth-order valence-corrected chi connectivity index (χ4v) is 4.19. The van der Waals surface area contributed by atoms with Gasteiger partial charge in [0.1, 0.15) is 5.75 Å². The Balaban J connectivity index is 3.20. The smallest absolute Gasteiger partial charge is 0.240 e. The first-order valence-electron chi connectivity index (χ1n) is 7.80. The van der Waals surface area contributed by atoms with Crippen LogP contribution in [0.1, 0.15) is 53.0 Å². The summed E-state index contributed by atoms with van der Waals surface area (Å²) in [5, 5.41) is 0. The minimum absolute atomic E-state index is 0.0883. The molecule has 0 aliphatic heterocycles. The molecule has 0 unspecified atom stereocenters. The molecule has 0 heterocycles. The summed E-state index contributed by atoms with van der Waals surface area (Å²) in [6.45, 7) is 12.2. The number of sulfonamides is 1. The van der Waals surface area contributed by atoms with Crippen LogP contribution in [0.2, 0.25) is 0 Å². The lowest BCUT2D eigenvalue weighted by Crippen LogP contribution is -2.42. The van der Waals surface area contributed by atoms with Gasteiger partial charge in [0.05, 0.1) is 12.0 Å². The third-order valence-electron chi connectivity index (χ3n) is 3.86. The second-order valence-corrected chi connectivity index (χ2v) is 8.41. The Labute approximate surface area is 135 Å². The molecule has 1 aromatic rings. The molecule has 0 atom stereocenters. The van der Waals surface area contributed by atoms with E-state index in [4.69, 9.17) is 4.74 Å². The number of ether oxygens (including phenoxy) is 1. The average molecular weight is 327 g/mol. The SMILES string of the molecule is COc1ccc(S(=O)(=O)NC(C(C)C)C(C)C)cc1C(C)C. The Morgan fingerprint density at radius 2 is 1.55 bits per heavy atom. The van der Waals surface area contributed by atoms with Crippen molar-refractivity contribution in [2.45, 2.75) is 58.4 Å². The molecule has 0 amide bonds. The van der Waals surface area contributed by atoms with E-state index < -0.39 is 10.0 Å². The molecule has 0 aromatic heterocycles. The molecule has 4 nitrogen and oxygen atoms in total. The van der Waals surface area contributed by atoms with E-state index >= 15 is 0 Å². The van der Waals surface area contributed by atoms with Gasteiger partial charge in [0, 0.05) is 6.04 Å². The number of nitrogens with one attached hydrogen (secondary N) is 1. The van der Waals surface area contributed by atoms with E-state index in [0.717, 1.165) is 11.3 Å². The van der Waals surface area contributed by atoms with Crippen LogP contribution in [-0.2, 0) is 10.0 Å². The quantitative estimate of drug-likeness (QED) is 0.829. The molecule has 0 bridgehead atoms. The Kier molecular flexibility index (Phi) is 6.44. The molecule has 0 aliphatic carbocycles. The van der Waals surface area contributed by atoms with Gasteiger partial charge >= 0.3 is 0 Å². The average Bonchev–Trinajstić information content (AvgIpc) is 2.43. The Bertz CT molecular complexity index is 584. The maximum atomic E-state index is 12.7. The normalized spacial score (nSPS) is 12.7. The summed E-state index contributed by atoms with van der Waals surface area (Å²) in [7, 11) is -1.94. The van der Waals surface area contributed by atoms with Crippen LogP contribution >= 0.6 is 0 Å². The second kappa shape index (κ2) is 7.47. The maximum absolute atomic E-state index is 12.7. The zero-order valence-corrected chi connectivity index (χ0v) is 15.5. The molecule has 126 valence electrons. The van der Waals surface area contributed by atoms with Crippen LogP contribution in [-0.4, -0.2) is 21.6 Å². The van der Waals surface area contributed by atoms with E-state index in [1.807, 2.05) is 41.5 Å². The van der Waals surface area contributed by atoms with Crippen LogP contribution in [0.4, 0.5) is 0 Å². The molecule has 0 saturated carbocycles. The number of hydrogen-bond donors (Lipinski definition) is 1. The molecule has 0 fully saturated rings. The molecule has 1 N–H and O–H groups in total. The summed E-state index contributed by atoms with van der Waals surface area (Å²) in [6, 6.07) is 4.95. The molecule has 1 rings (SSSR count). The first kappa shape index (κ1) is 19.0. The zero-order valence-electron chi connectivity index (χ0n) is 14.7. The molecular weight excluding hydrogens is 298 g/mol. The van der Waals surface area contributed by atoms with Gasteiger partial charge in [-0.25, -0.2) is 13.1 Å². The minimum Gasteiger partial charge on any atom is -0.496 e. The van der Waals surface area contributed by atoms with Crippen LogP contribution in [0.25, 0.3) is 0 Å². The van der Waals surface area contributed by atoms with Crippen molar-refractivity contribution in [2.75, 3.05) is 7.11 Å². The fraction of sp³-hybridized carbons (Fsp3) is 0.647. The number of rotatable bonds is 7. The van der Waals surface area contributed by atoms with Gasteiger partial charge in [0.25, 0.3) is 0 Å². The molecule has 1 aromatic carbocycles. The lowest BCUT2D eigenvalue weighted by atomic mass is 9.94. The van der Waals surface area contributed by atoms with Crippen molar-refractivity contribution in [1.82, 2.24) is 4.72 Å². The predicted octanol–water partition coefficient (Wildman–Crippen LogP) is 3.78. The molecular formula is C17H29NO3S. The van der Waals surface area contributed by atoms with Gasteiger partial charge in [0.15, 0.2) is 0 Å². The Hall–Kier alpha value is -1.07. The minimum atomic E-state index is -3.54. The van der Waals surface area contributed by atoms with Crippen LogP contribution in [0, 0.1) is 11.8 Å². The lowest BCUT2D eigenvalue weighted by Gasteiger charge is -2.26. The van der Waals surface area contributed by atoms with Gasteiger partial charge < -0.3 is 4.74 Å². The molecule has 0 aliphatic rings. The standard InChI is InChI=1S/C17H29NO3S/c1-11(2)15-10-14(8-9-16(15)21-7)22(19,20)18-17(12(3)4)13(5)6/h8-13,17-18H,1-7H3. The third kappa shape index (κ3) is 4.46. The highest BCUT2D eigenvalue weighted by Crippen LogP contribution is 2.29. The van der Waals surface area contributed by atoms with Crippen LogP contribution in [0.15, 0.2) is 23.1 Å². The number of methoxy groups -OCH3 is 1. The van der Waals surface area contributed by atoms with Crippen LogP contribution < -0.4 is 9.46 Å². The van der Waals surface area contributed by atoms with E-state index in [1.54, 1.807) is 25.3 Å². The fourth-order valence-electron chi connectivity index (χ4n) is 2.62. The van der Waals surface area contributed by atoms with Crippen LogP contribution in [0.3, 0.4) is 0 Å². The summed E-state index contributed by atoms with van der Waals surface area (Å²) in [6.07, 6.45) is 0. The van der Waals surface area contributed by atoms with Crippen molar-refractivity contribution in [3.05, 3.63) is 23.8 Å². The monoisotopic (exact) mass is 327 g/mol. The van der Waals surface area contributed by atoms with E-state index in [-0.39, 0.29) is 23.8 Å². The van der Waals surface area contributed by atoms with Gasteiger partial charge in [-0.1, -0.05) is 41.5 Å². The van der Waals surface area contributed by atoms with Gasteiger partial charge in [-0.15, -0.1) is 0 Å². The summed E-state index contributed by atoms with van der Waals surface area (Å²) in [5.41, 5.74) is 0.899. The molecule has 22 heavy (non-hydrogen) atoms. The van der Waals surface area contributed by atoms with Crippen LogP contribution in [0.5, 0.6) is 5.75 Å². The molecule has 0 radical (unpaired) electrons. The van der Waals surface area contributed by atoms with Crippen molar-refractivity contribution in [3.8, 4) is 5.75 Å². The van der Waals surface area contributed by atoms with E-state index in [0.29, 0.717) is 4.90 Å². The van der Waals surface area contributed by atoms with E-state index in [9.17, 15) is 8.42 Å². The molecule has 0 spiro atoms. The van der Waals surface area contributed by atoms with Gasteiger partial charge in [-0.2, -0.15) is 0 Å². The van der Waals surface area contributed by atoms with E-state index in [2.05, 4.69) is 4.72 Å². The highest BCUT2D eigenvalue weighted by atomic mass is 32.2. The summed E-state index contributed by atoms with van der Waals surface area (Å²) in [4.78, 5) is 0.295. The molecule has 0 saturated heterocycles. The summed E-state index contributed by atoms with van der Waals surface area (Å²) >= 11 is 0. The topological polar surface area (TPSA) is 55.4 Å².